The van der Waals surface area contributed by atoms with Crippen LogP contribution in [0.1, 0.15) is 50.2 Å². The van der Waals surface area contributed by atoms with Crippen molar-refractivity contribution in [3.63, 3.8) is 0 Å². The first-order valence-electron chi connectivity index (χ1n) is 13.2. The van der Waals surface area contributed by atoms with Crippen molar-refractivity contribution in [1.29, 1.82) is 0 Å². The summed E-state index contributed by atoms with van der Waals surface area (Å²) in [5, 5.41) is 0.645. The first-order valence-corrected chi connectivity index (χ1v) is 13.6. The van der Waals surface area contributed by atoms with Crippen LogP contribution in [0.2, 0.25) is 5.02 Å². The van der Waals surface area contributed by atoms with Gasteiger partial charge in [-0.25, -0.2) is 0 Å². The van der Waals surface area contributed by atoms with Crippen molar-refractivity contribution in [2.24, 2.45) is 17.1 Å². The van der Waals surface area contributed by atoms with E-state index < -0.39 is 16.9 Å². The normalized spacial score (nSPS) is 22.7. The maximum absolute atomic E-state index is 13.9. The van der Waals surface area contributed by atoms with Crippen molar-refractivity contribution < 1.29 is 19.1 Å². The van der Waals surface area contributed by atoms with Crippen LogP contribution >= 0.6 is 11.6 Å². The number of nitrogens with zero attached hydrogens (tertiary/aromatic N) is 2. The summed E-state index contributed by atoms with van der Waals surface area (Å²) in [7, 11) is 1.82. The smallest absolute Gasteiger partial charge is 0.231 e. The van der Waals surface area contributed by atoms with E-state index in [1.165, 1.54) is 0 Å². The van der Waals surface area contributed by atoms with Gasteiger partial charge in [-0.3, -0.25) is 14.4 Å². The predicted molar refractivity (Wildman–Crippen MR) is 148 cm³/mol. The Bertz CT molecular complexity index is 1150. The van der Waals surface area contributed by atoms with E-state index in [9.17, 15) is 14.4 Å². The van der Waals surface area contributed by atoms with E-state index in [1.54, 1.807) is 23.6 Å². The second kappa shape index (κ2) is 11.6. The fourth-order valence-electron chi connectivity index (χ4n) is 5.77. The molecule has 0 radical (unpaired) electrons. The summed E-state index contributed by atoms with van der Waals surface area (Å²) >= 11 is 6.13. The summed E-state index contributed by atoms with van der Waals surface area (Å²) < 4.78 is 5.94. The Balaban J connectivity index is 1.55. The van der Waals surface area contributed by atoms with Crippen LogP contribution in [0.25, 0.3) is 0 Å². The molecule has 2 aliphatic rings. The third kappa shape index (κ3) is 6.11. The van der Waals surface area contributed by atoms with Crippen molar-refractivity contribution in [3.8, 4) is 0 Å². The Morgan fingerprint density at radius 1 is 1.16 bits per heavy atom. The summed E-state index contributed by atoms with van der Waals surface area (Å²) in [6.45, 7) is 5.21. The van der Waals surface area contributed by atoms with E-state index in [-0.39, 0.29) is 36.5 Å². The van der Waals surface area contributed by atoms with Crippen LogP contribution in [-0.4, -0.2) is 66.2 Å². The fourth-order valence-corrected chi connectivity index (χ4v) is 5.89. The van der Waals surface area contributed by atoms with Crippen molar-refractivity contribution in [3.05, 3.63) is 70.7 Å². The van der Waals surface area contributed by atoms with Gasteiger partial charge >= 0.3 is 0 Å². The molecule has 2 amide bonds. The minimum Gasteiger partial charge on any atom is -0.376 e. The van der Waals surface area contributed by atoms with E-state index in [1.807, 2.05) is 61.6 Å². The molecular formula is C30H38ClN3O4. The highest BCUT2D eigenvalue weighted by Gasteiger charge is 2.55. The second-order valence-corrected chi connectivity index (χ2v) is 11.8. The molecule has 7 nitrogen and oxygen atoms in total. The van der Waals surface area contributed by atoms with E-state index in [0.29, 0.717) is 44.1 Å². The number of hydrogen-bond donors (Lipinski definition) is 1. The number of Topliss-reactive ketones (excluding diaryl/α,β-unsaturated/α-hetero) is 1. The summed E-state index contributed by atoms with van der Waals surface area (Å²) in [6, 6.07) is 17.4. The second-order valence-electron chi connectivity index (χ2n) is 11.4. The number of carbonyl (C=O) groups is 3. The molecule has 204 valence electrons. The van der Waals surface area contributed by atoms with Gasteiger partial charge in [-0.05, 0) is 49.9 Å². The first-order chi connectivity index (χ1) is 18.0. The Morgan fingerprint density at radius 2 is 1.84 bits per heavy atom. The van der Waals surface area contributed by atoms with Crippen LogP contribution in [0.3, 0.4) is 0 Å². The van der Waals surface area contributed by atoms with Gasteiger partial charge in [0.2, 0.25) is 11.8 Å². The average molecular weight is 540 g/mol. The number of piperidine rings is 1. The van der Waals surface area contributed by atoms with Crippen LogP contribution in [-0.2, 0) is 25.7 Å². The summed E-state index contributed by atoms with van der Waals surface area (Å²) in [5.41, 5.74) is 6.35. The summed E-state index contributed by atoms with van der Waals surface area (Å²) in [5.74, 6) is -1.02. The van der Waals surface area contributed by atoms with Crippen molar-refractivity contribution in [2.75, 3.05) is 33.3 Å². The lowest BCUT2D eigenvalue weighted by Gasteiger charge is -2.43. The Labute approximate surface area is 230 Å². The lowest BCUT2D eigenvalue weighted by Crippen LogP contribution is -2.53. The maximum Gasteiger partial charge on any atom is 0.231 e. The molecule has 2 heterocycles. The SMILES string of the molecule is CN1CC(c2ccc(Cl)cc2)C2(CCCN(C(=O)[C@@H](COCc3ccccc3)CC(=O)C(C)(C)N)C2)C1=O. The van der Waals surface area contributed by atoms with Gasteiger partial charge in [-0.15, -0.1) is 0 Å². The van der Waals surface area contributed by atoms with E-state index in [2.05, 4.69) is 0 Å². The molecule has 2 N–H and O–H groups in total. The molecule has 8 heteroatoms. The Hall–Kier alpha value is -2.74. The van der Waals surface area contributed by atoms with Crippen LogP contribution < -0.4 is 5.73 Å². The molecule has 4 rings (SSSR count). The van der Waals surface area contributed by atoms with Crippen LogP contribution in [0.15, 0.2) is 54.6 Å². The lowest BCUT2D eigenvalue weighted by molar-refractivity contribution is -0.148. The number of ether oxygens (including phenoxy) is 1. The number of nitrogens with two attached hydrogens (primary N) is 1. The van der Waals surface area contributed by atoms with Gasteiger partial charge in [0.05, 0.1) is 30.1 Å². The molecule has 2 aliphatic heterocycles. The zero-order chi connectivity index (χ0) is 27.5. The summed E-state index contributed by atoms with van der Waals surface area (Å²) in [6.07, 6.45) is 1.41. The standard InChI is InChI=1S/C30H38ClN3O4/c1-29(2,32)26(35)16-23(19-38-18-21-8-5-4-6-9-21)27(36)34-15-7-14-30(20-34)25(17-33(3)28(30)37)22-10-12-24(31)13-11-22/h4-6,8-13,23,25H,7,14-20,32H2,1-3H3/t23-,25?,30?/m1/s1. The minimum absolute atomic E-state index is 0.00488. The lowest BCUT2D eigenvalue weighted by atomic mass is 9.69. The van der Waals surface area contributed by atoms with Crippen molar-refractivity contribution in [2.45, 2.75) is 51.2 Å². The number of hydrogen-bond acceptors (Lipinski definition) is 5. The molecule has 2 aromatic carbocycles. The quantitative estimate of drug-likeness (QED) is 0.519. The molecule has 2 aromatic rings. The van der Waals surface area contributed by atoms with Gasteiger partial charge in [0.25, 0.3) is 0 Å². The highest BCUT2D eigenvalue weighted by atomic mass is 35.5. The molecule has 0 aliphatic carbocycles. The van der Waals surface area contributed by atoms with E-state index in [0.717, 1.165) is 11.1 Å². The molecule has 0 aromatic heterocycles. The highest BCUT2D eigenvalue weighted by Crippen LogP contribution is 2.49. The van der Waals surface area contributed by atoms with Crippen LogP contribution in [0, 0.1) is 11.3 Å². The highest BCUT2D eigenvalue weighted by molar-refractivity contribution is 6.30. The van der Waals surface area contributed by atoms with Gasteiger partial charge in [0.1, 0.15) is 0 Å². The number of ketones is 1. The number of halogens is 1. The largest absolute Gasteiger partial charge is 0.376 e. The Kier molecular flexibility index (Phi) is 8.60. The summed E-state index contributed by atoms with van der Waals surface area (Å²) in [4.78, 5) is 43.9. The van der Waals surface area contributed by atoms with Gasteiger partial charge < -0.3 is 20.3 Å². The number of benzene rings is 2. The molecule has 0 saturated carbocycles. The molecule has 2 unspecified atom stereocenters. The van der Waals surface area contributed by atoms with Crippen LogP contribution in [0.5, 0.6) is 0 Å². The van der Waals surface area contributed by atoms with Crippen LogP contribution in [0.4, 0.5) is 0 Å². The third-order valence-electron chi connectivity index (χ3n) is 7.93. The van der Waals surface area contributed by atoms with Gasteiger partial charge in [-0.2, -0.15) is 0 Å². The predicted octanol–water partition coefficient (Wildman–Crippen LogP) is 4.03. The topological polar surface area (TPSA) is 92.9 Å². The molecule has 2 fully saturated rings. The third-order valence-corrected chi connectivity index (χ3v) is 8.19. The van der Waals surface area contributed by atoms with Gasteiger partial charge in [0, 0.05) is 44.0 Å². The minimum atomic E-state index is -1.05. The molecular weight excluding hydrogens is 502 g/mol. The van der Waals surface area contributed by atoms with Crippen molar-refractivity contribution in [1.82, 2.24) is 9.80 Å². The van der Waals surface area contributed by atoms with E-state index >= 15 is 0 Å². The zero-order valence-corrected chi connectivity index (χ0v) is 23.2. The number of likely N-dealkylation sites (N-methyl/N-ethyl adjacent to an activating group) is 1. The number of amides is 2. The number of carbonyl (C=O) groups excluding carboxylic acids is 3. The Morgan fingerprint density at radius 3 is 2.50 bits per heavy atom. The zero-order valence-electron chi connectivity index (χ0n) is 22.5. The van der Waals surface area contributed by atoms with Gasteiger partial charge in [-0.1, -0.05) is 54.1 Å². The molecule has 0 bridgehead atoms. The molecule has 3 atom stereocenters. The average Bonchev–Trinajstić information content (AvgIpc) is 3.12. The van der Waals surface area contributed by atoms with Crippen molar-refractivity contribution >= 4 is 29.2 Å². The molecule has 2 saturated heterocycles. The number of rotatable bonds is 9. The van der Waals surface area contributed by atoms with Gasteiger partial charge in [0.15, 0.2) is 5.78 Å². The first kappa shape index (κ1) is 28.3. The fraction of sp³-hybridized carbons (Fsp3) is 0.500. The van der Waals surface area contributed by atoms with E-state index in [4.69, 9.17) is 22.1 Å². The number of likely N-dealkylation sites (tertiary alicyclic amines) is 2. The monoisotopic (exact) mass is 539 g/mol. The molecule has 38 heavy (non-hydrogen) atoms. The maximum atomic E-state index is 13.9. The molecule has 1 spiro atoms.